The molecule has 0 atom stereocenters. The van der Waals surface area contributed by atoms with Crippen molar-refractivity contribution in [3.63, 3.8) is 0 Å². The average molecular weight is 375 g/mol. The molecule has 140 valence electrons. The van der Waals surface area contributed by atoms with Crippen LogP contribution in [0.3, 0.4) is 0 Å². The largest absolute Gasteiger partial charge is 0.573 e. The molecule has 0 saturated carbocycles. The molecule has 27 heavy (non-hydrogen) atoms. The number of nitrogens with zero attached hydrogens (tertiary/aromatic N) is 2. The maximum Gasteiger partial charge on any atom is 0.573 e. The average Bonchev–Trinajstić information content (AvgIpc) is 3.02. The lowest BCUT2D eigenvalue weighted by atomic mass is 10.2. The van der Waals surface area contributed by atoms with Gasteiger partial charge in [-0.15, -0.1) is 13.2 Å². The van der Waals surface area contributed by atoms with E-state index in [2.05, 4.69) is 15.0 Å². The summed E-state index contributed by atoms with van der Waals surface area (Å²) in [5.74, 6) is -0.824. The van der Waals surface area contributed by atoms with E-state index in [0.717, 1.165) is 17.3 Å². The van der Waals surface area contributed by atoms with Crippen molar-refractivity contribution in [3.8, 4) is 5.75 Å². The number of aromatic nitrogens is 2. The molecule has 0 aliphatic heterocycles. The summed E-state index contributed by atoms with van der Waals surface area (Å²) in [4.78, 5) is 16.4. The fourth-order valence-electron chi connectivity index (χ4n) is 2.53. The van der Waals surface area contributed by atoms with E-state index >= 15 is 0 Å². The number of hydrogen-bond acceptors (Lipinski definition) is 3. The highest BCUT2D eigenvalue weighted by molar-refractivity contribution is 5.92. The van der Waals surface area contributed by atoms with Crippen LogP contribution in [0, 0.1) is 6.92 Å². The van der Waals surface area contributed by atoms with E-state index in [9.17, 15) is 18.0 Å². The Hall–Kier alpha value is -3.29. The second-order valence-corrected chi connectivity index (χ2v) is 5.79. The molecule has 0 unspecified atom stereocenters. The van der Waals surface area contributed by atoms with Gasteiger partial charge in [-0.2, -0.15) is 0 Å². The molecule has 0 radical (unpaired) electrons. The van der Waals surface area contributed by atoms with Crippen molar-refractivity contribution >= 4 is 17.6 Å². The highest BCUT2D eigenvalue weighted by Crippen LogP contribution is 2.26. The Labute approximate surface area is 153 Å². The van der Waals surface area contributed by atoms with Gasteiger partial charge in [0.2, 0.25) is 5.91 Å². The fourth-order valence-corrected chi connectivity index (χ4v) is 2.53. The first kappa shape index (κ1) is 18.5. The third-order valence-electron chi connectivity index (χ3n) is 3.73. The first-order valence-corrected chi connectivity index (χ1v) is 8.06. The van der Waals surface area contributed by atoms with Gasteiger partial charge in [0, 0.05) is 24.0 Å². The molecule has 0 bridgehead atoms. The summed E-state index contributed by atoms with van der Waals surface area (Å²) < 4.78 is 43.0. The van der Waals surface area contributed by atoms with Gasteiger partial charge in [-0.1, -0.05) is 24.3 Å². The molecule has 2 aromatic heterocycles. The van der Waals surface area contributed by atoms with Crippen molar-refractivity contribution in [1.29, 1.82) is 0 Å². The molecule has 1 N–H and O–H groups in total. The molecular weight excluding hydrogens is 359 g/mol. The van der Waals surface area contributed by atoms with Crippen LogP contribution in [0.25, 0.3) is 11.7 Å². The second-order valence-electron chi connectivity index (χ2n) is 5.79. The van der Waals surface area contributed by atoms with Crippen LogP contribution in [0.4, 0.5) is 13.2 Å². The molecule has 0 aliphatic carbocycles. The Balaban J connectivity index is 1.64. The molecule has 5 nitrogen and oxygen atoms in total. The zero-order chi connectivity index (χ0) is 19.4. The SMILES string of the molecule is Cc1cccn2cc(CNC(=O)/C=C/c3ccccc3OC(F)(F)F)nc12. The summed E-state index contributed by atoms with van der Waals surface area (Å²) in [5.41, 5.74) is 2.63. The predicted molar refractivity (Wildman–Crippen MR) is 93.9 cm³/mol. The Kier molecular flexibility index (Phi) is 5.16. The fraction of sp³-hybridized carbons (Fsp3) is 0.158. The Bertz CT molecular complexity index is 993. The number of amides is 1. The Morgan fingerprint density at radius 3 is 2.78 bits per heavy atom. The summed E-state index contributed by atoms with van der Waals surface area (Å²) >= 11 is 0. The maximum atomic E-state index is 12.4. The number of alkyl halides is 3. The number of halogens is 3. The predicted octanol–water partition coefficient (Wildman–Crippen LogP) is 3.87. The summed E-state index contributed by atoms with van der Waals surface area (Å²) in [6.45, 7) is 2.14. The zero-order valence-corrected chi connectivity index (χ0v) is 14.3. The van der Waals surface area contributed by atoms with Crippen LogP contribution in [-0.4, -0.2) is 21.7 Å². The van der Waals surface area contributed by atoms with E-state index in [1.165, 1.54) is 24.3 Å². The first-order valence-electron chi connectivity index (χ1n) is 8.06. The minimum atomic E-state index is -4.80. The molecule has 0 saturated heterocycles. The van der Waals surface area contributed by atoms with E-state index in [4.69, 9.17) is 0 Å². The number of rotatable bonds is 5. The normalized spacial score (nSPS) is 11.9. The highest BCUT2D eigenvalue weighted by atomic mass is 19.4. The Morgan fingerprint density at radius 2 is 2.04 bits per heavy atom. The molecule has 0 aliphatic rings. The Morgan fingerprint density at radius 1 is 1.26 bits per heavy atom. The second kappa shape index (κ2) is 7.53. The van der Waals surface area contributed by atoms with Crippen molar-refractivity contribution in [2.24, 2.45) is 0 Å². The van der Waals surface area contributed by atoms with Crippen molar-refractivity contribution in [3.05, 3.63) is 71.7 Å². The summed E-state index contributed by atoms with van der Waals surface area (Å²) in [5, 5.41) is 2.65. The molecule has 3 aromatic rings. The minimum Gasteiger partial charge on any atom is -0.405 e. The lowest BCUT2D eigenvalue weighted by Gasteiger charge is -2.10. The van der Waals surface area contributed by atoms with Crippen LogP contribution in [0.5, 0.6) is 5.75 Å². The number of benzene rings is 1. The topological polar surface area (TPSA) is 55.6 Å². The smallest absolute Gasteiger partial charge is 0.405 e. The first-order chi connectivity index (χ1) is 12.8. The zero-order valence-electron chi connectivity index (χ0n) is 14.3. The van der Waals surface area contributed by atoms with Crippen LogP contribution in [0.2, 0.25) is 0 Å². The van der Waals surface area contributed by atoms with E-state index in [1.54, 1.807) is 12.3 Å². The van der Waals surface area contributed by atoms with E-state index in [1.807, 2.05) is 29.7 Å². The molecule has 1 aromatic carbocycles. The highest BCUT2D eigenvalue weighted by Gasteiger charge is 2.31. The number of ether oxygens (including phenoxy) is 1. The molecule has 0 spiro atoms. The van der Waals surface area contributed by atoms with Gasteiger partial charge in [0.15, 0.2) is 0 Å². The third kappa shape index (κ3) is 4.87. The lowest BCUT2D eigenvalue weighted by Crippen LogP contribution is -2.20. The van der Waals surface area contributed by atoms with Crippen LogP contribution in [-0.2, 0) is 11.3 Å². The van der Waals surface area contributed by atoms with Gasteiger partial charge < -0.3 is 14.5 Å². The van der Waals surface area contributed by atoms with Gasteiger partial charge in [-0.25, -0.2) is 4.98 Å². The number of nitrogens with one attached hydrogen (secondary N) is 1. The van der Waals surface area contributed by atoms with Gasteiger partial charge in [0.1, 0.15) is 11.4 Å². The number of fused-ring (bicyclic) bond motifs is 1. The van der Waals surface area contributed by atoms with Crippen LogP contribution in [0.15, 0.2) is 54.9 Å². The molecular formula is C19H16F3N3O2. The monoisotopic (exact) mass is 375 g/mol. The van der Waals surface area contributed by atoms with Gasteiger partial charge >= 0.3 is 6.36 Å². The number of pyridine rings is 1. The molecule has 3 rings (SSSR count). The molecule has 0 fully saturated rings. The number of imidazole rings is 1. The quantitative estimate of drug-likeness (QED) is 0.689. The van der Waals surface area contributed by atoms with Gasteiger partial charge in [0.25, 0.3) is 0 Å². The number of aryl methyl sites for hydroxylation is 1. The minimum absolute atomic E-state index is 0.147. The van der Waals surface area contributed by atoms with Crippen molar-refractivity contribution in [1.82, 2.24) is 14.7 Å². The molecule has 2 heterocycles. The van der Waals surface area contributed by atoms with Crippen molar-refractivity contribution in [2.75, 3.05) is 0 Å². The van der Waals surface area contributed by atoms with Crippen molar-refractivity contribution < 1.29 is 22.7 Å². The summed E-state index contributed by atoms with van der Waals surface area (Å²) in [6.07, 6.45) is 1.29. The van der Waals surface area contributed by atoms with E-state index in [-0.39, 0.29) is 17.9 Å². The van der Waals surface area contributed by atoms with Gasteiger partial charge in [-0.3, -0.25) is 4.79 Å². The molecule has 1 amide bonds. The van der Waals surface area contributed by atoms with Crippen LogP contribution >= 0.6 is 0 Å². The third-order valence-corrected chi connectivity index (χ3v) is 3.73. The van der Waals surface area contributed by atoms with Crippen LogP contribution in [0.1, 0.15) is 16.8 Å². The van der Waals surface area contributed by atoms with E-state index < -0.39 is 12.3 Å². The van der Waals surface area contributed by atoms with Crippen LogP contribution < -0.4 is 10.1 Å². The van der Waals surface area contributed by atoms with E-state index in [0.29, 0.717) is 5.69 Å². The summed E-state index contributed by atoms with van der Waals surface area (Å²) in [7, 11) is 0. The summed E-state index contributed by atoms with van der Waals surface area (Å²) in [6, 6.07) is 9.42. The molecule has 8 heteroatoms. The maximum absolute atomic E-state index is 12.4. The van der Waals surface area contributed by atoms with Gasteiger partial charge in [0.05, 0.1) is 12.2 Å². The standard InChI is InChI=1S/C19H16F3N3O2/c1-13-5-4-10-25-12-15(24-18(13)25)11-23-17(26)9-8-14-6-2-3-7-16(14)27-19(20,21)22/h2-10,12H,11H2,1H3,(H,23,26)/b9-8+. The number of carbonyl (C=O) groups excluding carboxylic acids is 1. The van der Waals surface area contributed by atoms with Gasteiger partial charge in [-0.05, 0) is 30.7 Å². The lowest BCUT2D eigenvalue weighted by molar-refractivity contribution is -0.274. The number of carbonyl (C=O) groups is 1. The number of hydrogen-bond donors (Lipinski definition) is 1. The van der Waals surface area contributed by atoms with Crippen molar-refractivity contribution in [2.45, 2.75) is 19.8 Å². The number of para-hydroxylation sites is 1.